The van der Waals surface area contributed by atoms with E-state index < -0.39 is 10.0 Å². The van der Waals surface area contributed by atoms with Gasteiger partial charge in [-0.25, -0.2) is 12.7 Å². The van der Waals surface area contributed by atoms with Gasteiger partial charge < -0.3 is 10.2 Å². The number of piperazine rings is 1. The Bertz CT molecular complexity index is 551. The molecule has 1 unspecified atom stereocenters. The van der Waals surface area contributed by atoms with Crippen LogP contribution in [0.4, 0.5) is 0 Å². The third kappa shape index (κ3) is 6.48. The normalized spacial score (nSPS) is 23.3. The summed E-state index contributed by atoms with van der Waals surface area (Å²) < 4.78 is 24.7. The van der Waals surface area contributed by atoms with Crippen LogP contribution in [-0.4, -0.2) is 93.6 Å². The summed E-state index contributed by atoms with van der Waals surface area (Å²) in [6, 6.07) is 0.378. The molecule has 2 rings (SSSR count). The molecule has 0 aliphatic carbocycles. The standard InChI is InChI=1S/C18H36N4O3S/c1-15(2)13-17(21-11-9-20(3)10-12-21)14-19-18(23)16-5-7-22(8-6-16)26(4,24)25/h15-17H,5-14H2,1-4H3,(H,19,23). The smallest absolute Gasteiger partial charge is 0.223 e. The number of hydrogen-bond acceptors (Lipinski definition) is 5. The highest BCUT2D eigenvalue weighted by atomic mass is 32.2. The minimum atomic E-state index is -3.14. The fourth-order valence-corrected chi connectivity index (χ4v) is 4.78. The Morgan fingerprint density at radius 2 is 1.65 bits per heavy atom. The Hall–Kier alpha value is -0.700. The van der Waals surface area contributed by atoms with Crippen LogP contribution in [0.15, 0.2) is 0 Å². The van der Waals surface area contributed by atoms with Crippen molar-refractivity contribution in [1.29, 1.82) is 0 Å². The maximum Gasteiger partial charge on any atom is 0.223 e. The van der Waals surface area contributed by atoms with E-state index in [0.717, 1.165) is 32.6 Å². The Morgan fingerprint density at radius 3 is 2.15 bits per heavy atom. The number of hydrogen-bond donors (Lipinski definition) is 1. The van der Waals surface area contributed by atoms with Gasteiger partial charge in [0.05, 0.1) is 6.26 Å². The molecule has 2 aliphatic heterocycles. The lowest BCUT2D eigenvalue weighted by Gasteiger charge is -2.39. The fourth-order valence-electron chi connectivity index (χ4n) is 3.91. The lowest BCUT2D eigenvalue weighted by Crippen LogP contribution is -2.53. The van der Waals surface area contributed by atoms with Crippen LogP contribution >= 0.6 is 0 Å². The first kappa shape index (κ1) is 21.6. The lowest BCUT2D eigenvalue weighted by molar-refractivity contribution is -0.126. The first-order valence-corrected chi connectivity index (χ1v) is 11.7. The molecule has 1 amide bonds. The fraction of sp³-hybridized carbons (Fsp3) is 0.944. The molecule has 7 nitrogen and oxygen atoms in total. The van der Waals surface area contributed by atoms with Crippen LogP contribution < -0.4 is 5.32 Å². The topological polar surface area (TPSA) is 73.0 Å². The quantitative estimate of drug-likeness (QED) is 0.685. The second-order valence-corrected chi connectivity index (χ2v) is 10.3. The van der Waals surface area contributed by atoms with Crippen molar-refractivity contribution in [3.63, 3.8) is 0 Å². The van der Waals surface area contributed by atoms with Gasteiger partial charge >= 0.3 is 0 Å². The molecule has 0 aromatic carbocycles. The number of sulfonamides is 1. The SMILES string of the molecule is CC(C)CC(CNC(=O)C1CCN(S(C)(=O)=O)CC1)N1CCN(C)CC1. The Balaban J connectivity index is 1.83. The number of nitrogens with zero attached hydrogens (tertiary/aromatic N) is 3. The molecule has 26 heavy (non-hydrogen) atoms. The Labute approximate surface area is 159 Å². The molecule has 8 heteroatoms. The molecule has 0 spiro atoms. The van der Waals surface area contributed by atoms with Gasteiger partial charge in [-0.05, 0) is 32.2 Å². The van der Waals surface area contributed by atoms with E-state index in [2.05, 4.69) is 36.0 Å². The minimum absolute atomic E-state index is 0.0693. The van der Waals surface area contributed by atoms with Crippen molar-refractivity contribution in [1.82, 2.24) is 19.4 Å². The second kappa shape index (κ2) is 9.48. The van der Waals surface area contributed by atoms with Crippen molar-refractivity contribution in [3.05, 3.63) is 0 Å². The van der Waals surface area contributed by atoms with Crippen molar-refractivity contribution in [2.75, 3.05) is 59.1 Å². The molecule has 0 aromatic rings. The van der Waals surface area contributed by atoms with E-state index in [0.29, 0.717) is 44.4 Å². The van der Waals surface area contributed by atoms with Crippen molar-refractivity contribution < 1.29 is 13.2 Å². The molecule has 2 heterocycles. The monoisotopic (exact) mass is 388 g/mol. The summed E-state index contributed by atoms with van der Waals surface area (Å²) in [6.45, 7) is 10.3. The van der Waals surface area contributed by atoms with Crippen molar-refractivity contribution in [3.8, 4) is 0 Å². The van der Waals surface area contributed by atoms with Crippen molar-refractivity contribution in [2.24, 2.45) is 11.8 Å². The number of likely N-dealkylation sites (N-methyl/N-ethyl adjacent to an activating group) is 1. The number of carbonyl (C=O) groups is 1. The van der Waals surface area contributed by atoms with Crippen molar-refractivity contribution in [2.45, 2.75) is 39.2 Å². The van der Waals surface area contributed by atoms with E-state index in [1.807, 2.05) is 0 Å². The van der Waals surface area contributed by atoms with Crippen LogP contribution in [0.3, 0.4) is 0 Å². The summed E-state index contributed by atoms with van der Waals surface area (Å²) in [4.78, 5) is 17.4. The van der Waals surface area contributed by atoms with Gasteiger partial charge in [0.25, 0.3) is 0 Å². The first-order valence-electron chi connectivity index (χ1n) is 9.82. The van der Waals surface area contributed by atoms with Crippen LogP contribution in [0.25, 0.3) is 0 Å². The van der Waals surface area contributed by atoms with E-state index in [1.165, 1.54) is 10.6 Å². The average molecular weight is 389 g/mol. The molecule has 152 valence electrons. The third-order valence-corrected chi connectivity index (χ3v) is 6.91. The van der Waals surface area contributed by atoms with E-state index in [-0.39, 0.29) is 11.8 Å². The molecular formula is C18H36N4O3S. The van der Waals surface area contributed by atoms with E-state index >= 15 is 0 Å². The van der Waals surface area contributed by atoms with Crippen LogP contribution in [0, 0.1) is 11.8 Å². The molecule has 1 atom stereocenters. The molecule has 2 fully saturated rings. The number of piperidine rings is 1. The van der Waals surface area contributed by atoms with Crippen LogP contribution in [0.1, 0.15) is 33.1 Å². The molecule has 2 aliphatic rings. The molecule has 0 aromatic heterocycles. The van der Waals surface area contributed by atoms with Crippen LogP contribution in [0.5, 0.6) is 0 Å². The van der Waals surface area contributed by atoms with E-state index in [4.69, 9.17) is 0 Å². The van der Waals surface area contributed by atoms with Crippen LogP contribution in [-0.2, 0) is 14.8 Å². The Kier molecular flexibility index (Phi) is 7.88. The average Bonchev–Trinajstić information content (AvgIpc) is 2.58. The molecule has 0 radical (unpaired) electrons. The maximum absolute atomic E-state index is 12.6. The second-order valence-electron chi connectivity index (χ2n) is 8.30. The highest BCUT2D eigenvalue weighted by Gasteiger charge is 2.30. The maximum atomic E-state index is 12.6. The zero-order chi connectivity index (χ0) is 19.3. The summed E-state index contributed by atoms with van der Waals surface area (Å²) in [6.07, 6.45) is 3.54. The van der Waals surface area contributed by atoms with Gasteiger partial charge in [0, 0.05) is 57.8 Å². The predicted molar refractivity (Wildman–Crippen MR) is 104 cm³/mol. The van der Waals surface area contributed by atoms with Gasteiger partial charge in [-0.3, -0.25) is 9.69 Å². The van der Waals surface area contributed by atoms with Gasteiger partial charge in [0.1, 0.15) is 0 Å². The summed E-state index contributed by atoms with van der Waals surface area (Å²) in [5.74, 6) is 0.607. The zero-order valence-corrected chi connectivity index (χ0v) is 17.6. The largest absolute Gasteiger partial charge is 0.354 e. The van der Waals surface area contributed by atoms with Gasteiger partial charge in [0.15, 0.2) is 0 Å². The highest BCUT2D eigenvalue weighted by molar-refractivity contribution is 7.88. The van der Waals surface area contributed by atoms with Gasteiger partial charge in [-0.2, -0.15) is 0 Å². The van der Waals surface area contributed by atoms with Gasteiger partial charge in [-0.15, -0.1) is 0 Å². The molecule has 2 saturated heterocycles. The minimum Gasteiger partial charge on any atom is -0.354 e. The number of carbonyl (C=O) groups excluding carboxylic acids is 1. The lowest BCUT2D eigenvalue weighted by atomic mass is 9.96. The summed E-state index contributed by atoms with van der Waals surface area (Å²) in [7, 11) is -0.990. The molecular weight excluding hydrogens is 352 g/mol. The predicted octanol–water partition coefficient (Wildman–Crippen LogP) is 0.436. The van der Waals surface area contributed by atoms with Crippen LogP contribution in [0.2, 0.25) is 0 Å². The summed E-state index contributed by atoms with van der Waals surface area (Å²) in [5, 5.41) is 3.16. The van der Waals surface area contributed by atoms with Crippen molar-refractivity contribution >= 4 is 15.9 Å². The molecule has 1 N–H and O–H groups in total. The number of nitrogens with one attached hydrogen (secondary N) is 1. The molecule has 0 bridgehead atoms. The summed E-state index contributed by atoms with van der Waals surface area (Å²) >= 11 is 0. The highest BCUT2D eigenvalue weighted by Crippen LogP contribution is 2.20. The Morgan fingerprint density at radius 1 is 1.08 bits per heavy atom. The first-order chi connectivity index (χ1) is 12.2. The van der Waals surface area contributed by atoms with Gasteiger partial charge in [0.2, 0.25) is 15.9 Å². The van der Waals surface area contributed by atoms with E-state index in [1.54, 1.807) is 0 Å². The molecule has 0 saturated carbocycles. The number of rotatable bonds is 7. The third-order valence-electron chi connectivity index (χ3n) is 5.60. The zero-order valence-electron chi connectivity index (χ0n) is 16.8. The summed E-state index contributed by atoms with van der Waals surface area (Å²) in [5.41, 5.74) is 0. The van der Waals surface area contributed by atoms with E-state index in [9.17, 15) is 13.2 Å². The number of amides is 1. The van der Waals surface area contributed by atoms with Gasteiger partial charge in [-0.1, -0.05) is 13.8 Å².